The first-order valence-electron chi connectivity index (χ1n) is 7.92. The molecule has 0 fully saturated rings. The summed E-state index contributed by atoms with van der Waals surface area (Å²) in [7, 11) is 2.10. The van der Waals surface area contributed by atoms with Crippen molar-refractivity contribution in [1.29, 1.82) is 0 Å². The van der Waals surface area contributed by atoms with Gasteiger partial charge in [0.05, 0.1) is 18.5 Å². The quantitative estimate of drug-likeness (QED) is 0.924. The van der Waals surface area contributed by atoms with E-state index in [9.17, 15) is 4.79 Å². The van der Waals surface area contributed by atoms with Gasteiger partial charge in [0.2, 0.25) is 0 Å². The van der Waals surface area contributed by atoms with Crippen molar-refractivity contribution in [2.24, 2.45) is 0 Å². The summed E-state index contributed by atoms with van der Waals surface area (Å²) in [5.74, 6) is 0.783. The minimum absolute atomic E-state index is 0.106. The van der Waals surface area contributed by atoms with Crippen LogP contribution < -0.4 is 10.1 Å². The molecule has 2 aliphatic rings. The van der Waals surface area contributed by atoms with Crippen molar-refractivity contribution in [1.82, 2.24) is 9.88 Å². The number of ether oxygens (including phenoxy) is 1. The van der Waals surface area contributed by atoms with Gasteiger partial charge in [0.15, 0.2) is 0 Å². The Morgan fingerprint density at radius 3 is 3.09 bits per heavy atom. The number of likely N-dealkylation sites (N-methyl/N-ethyl adjacent to an activating group) is 1. The van der Waals surface area contributed by atoms with Crippen LogP contribution in [0.25, 0.3) is 0 Å². The summed E-state index contributed by atoms with van der Waals surface area (Å²) in [4.78, 5) is 19.2. The Kier molecular flexibility index (Phi) is 3.50. The topological polar surface area (TPSA) is 54.5 Å². The minimum Gasteiger partial charge on any atom is -0.493 e. The van der Waals surface area contributed by atoms with Crippen molar-refractivity contribution in [2.45, 2.75) is 19.4 Å². The third-order valence-corrected chi connectivity index (χ3v) is 4.44. The number of benzene rings is 1. The Morgan fingerprint density at radius 2 is 2.17 bits per heavy atom. The third kappa shape index (κ3) is 2.80. The highest BCUT2D eigenvalue weighted by molar-refractivity contribution is 6.04. The standard InChI is InChI=1S/C18H19N3O2/c1-21-6-4-16-14(11-21)9-15(10-19-16)20-18(22)13-2-3-17-12(8-13)5-7-23-17/h2-3,8-10H,4-7,11H2,1H3,(H,20,22). The maximum atomic E-state index is 12.5. The van der Waals surface area contributed by atoms with E-state index in [4.69, 9.17) is 4.74 Å². The first-order chi connectivity index (χ1) is 11.2. The van der Waals surface area contributed by atoms with Gasteiger partial charge in [0.25, 0.3) is 5.91 Å². The van der Waals surface area contributed by atoms with Crippen LogP contribution >= 0.6 is 0 Å². The van der Waals surface area contributed by atoms with Crippen molar-refractivity contribution >= 4 is 11.6 Å². The molecule has 1 aromatic carbocycles. The predicted octanol–water partition coefficient (Wildman–Crippen LogP) is 2.26. The Labute approximate surface area is 135 Å². The molecular formula is C18H19N3O2. The first kappa shape index (κ1) is 14.2. The fourth-order valence-corrected chi connectivity index (χ4v) is 3.17. The molecule has 0 radical (unpaired) electrons. The third-order valence-electron chi connectivity index (χ3n) is 4.44. The number of hydrogen-bond acceptors (Lipinski definition) is 4. The number of aromatic nitrogens is 1. The first-order valence-corrected chi connectivity index (χ1v) is 7.92. The van der Waals surface area contributed by atoms with Crippen molar-refractivity contribution in [3.05, 3.63) is 52.8 Å². The van der Waals surface area contributed by atoms with E-state index in [1.165, 1.54) is 5.56 Å². The molecule has 0 bridgehead atoms. The molecule has 0 atom stereocenters. The van der Waals surface area contributed by atoms with Crippen LogP contribution in [-0.4, -0.2) is 36.0 Å². The second-order valence-electron chi connectivity index (χ2n) is 6.19. The van der Waals surface area contributed by atoms with Gasteiger partial charge in [-0.15, -0.1) is 0 Å². The van der Waals surface area contributed by atoms with Gasteiger partial charge in [-0.1, -0.05) is 0 Å². The second kappa shape index (κ2) is 5.66. The van der Waals surface area contributed by atoms with Gasteiger partial charge in [0, 0.05) is 37.2 Å². The Bertz CT molecular complexity index is 773. The average molecular weight is 309 g/mol. The molecule has 0 saturated heterocycles. The number of hydrogen-bond donors (Lipinski definition) is 1. The van der Waals surface area contributed by atoms with E-state index in [1.807, 2.05) is 18.2 Å². The number of amides is 1. The summed E-state index contributed by atoms with van der Waals surface area (Å²) in [6, 6.07) is 7.63. The zero-order valence-corrected chi connectivity index (χ0v) is 13.1. The summed E-state index contributed by atoms with van der Waals surface area (Å²) >= 11 is 0. The van der Waals surface area contributed by atoms with E-state index in [1.54, 1.807) is 12.3 Å². The van der Waals surface area contributed by atoms with Crippen molar-refractivity contribution in [3.8, 4) is 5.75 Å². The normalized spacial score (nSPS) is 16.4. The monoisotopic (exact) mass is 309 g/mol. The van der Waals surface area contributed by atoms with Crippen LogP contribution in [0.15, 0.2) is 30.5 Å². The van der Waals surface area contributed by atoms with Gasteiger partial charge < -0.3 is 15.0 Å². The molecule has 118 valence electrons. The summed E-state index contributed by atoms with van der Waals surface area (Å²) < 4.78 is 5.48. The molecule has 5 heteroatoms. The van der Waals surface area contributed by atoms with Crippen LogP contribution in [0.5, 0.6) is 5.75 Å². The molecule has 1 amide bonds. The predicted molar refractivity (Wildman–Crippen MR) is 87.9 cm³/mol. The number of fused-ring (bicyclic) bond motifs is 2. The molecule has 5 nitrogen and oxygen atoms in total. The van der Waals surface area contributed by atoms with Crippen LogP contribution in [0.2, 0.25) is 0 Å². The van der Waals surface area contributed by atoms with E-state index >= 15 is 0 Å². The van der Waals surface area contributed by atoms with Gasteiger partial charge in [-0.05, 0) is 42.4 Å². The number of nitrogens with one attached hydrogen (secondary N) is 1. The number of rotatable bonds is 2. The number of pyridine rings is 1. The van der Waals surface area contributed by atoms with E-state index in [2.05, 4.69) is 22.2 Å². The fourth-order valence-electron chi connectivity index (χ4n) is 3.17. The lowest BCUT2D eigenvalue weighted by Gasteiger charge is -2.24. The molecule has 0 saturated carbocycles. The molecule has 0 spiro atoms. The van der Waals surface area contributed by atoms with Crippen molar-refractivity contribution in [2.75, 3.05) is 25.5 Å². The minimum atomic E-state index is -0.106. The summed E-state index contributed by atoms with van der Waals surface area (Å²) in [5.41, 5.74) is 4.84. The zero-order valence-electron chi connectivity index (χ0n) is 13.1. The van der Waals surface area contributed by atoms with E-state index in [0.29, 0.717) is 12.2 Å². The molecule has 0 aliphatic carbocycles. The highest BCUT2D eigenvalue weighted by atomic mass is 16.5. The highest BCUT2D eigenvalue weighted by Crippen LogP contribution is 2.26. The maximum absolute atomic E-state index is 12.5. The molecule has 2 aliphatic heterocycles. The van der Waals surface area contributed by atoms with Gasteiger partial charge in [-0.3, -0.25) is 9.78 Å². The number of nitrogens with zero attached hydrogens (tertiary/aromatic N) is 2. The van der Waals surface area contributed by atoms with E-state index < -0.39 is 0 Å². The smallest absolute Gasteiger partial charge is 0.255 e. The van der Waals surface area contributed by atoms with Crippen LogP contribution in [0.4, 0.5) is 5.69 Å². The number of anilines is 1. The lowest BCUT2D eigenvalue weighted by molar-refractivity contribution is 0.102. The van der Waals surface area contributed by atoms with Crippen LogP contribution in [0, 0.1) is 0 Å². The van der Waals surface area contributed by atoms with Crippen molar-refractivity contribution in [3.63, 3.8) is 0 Å². The Balaban J connectivity index is 1.54. The summed E-state index contributed by atoms with van der Waals surface area (Å²) in [5, 5.41) is 2.95. The summed E-state index contributed by atoms with van der Waals surface area (Å²) in [6.45, 7) is 2.60. The summed E-state index contributed by atoms with van der Waals surface area (Å²) in [6.07, 6.45) is 3.58. The van der Waals surface area contributed by atoms with Gasteiger partial charge in [-0.25, -0.2) is 0 Å². The largest absolute Gasteiger partial charge is 0.493 e. The maximum Gasteiger partial charge on any atom is 0.255 e. The molecule has 2 aromatic rings. The van der Waals surface area contributed by atoms with Crippen LogP contribution in [0.1, 0.15) is 27.2 Å². The lowest BCUT2D eigenvalue weighted by Crippen LogP contribution is -2.27. The zero-order chi connectivity index (χ0) is 15.8. The van der Waals surface area contributed by atoms with Gasteiger partial charge in [-0.2, -0.15) is 0 Å². The number of carbonyl (C=O) groups excluding carboxylic acids is 1. The lowest BCUT2D eigenvalue weighted by atomic mass is 10.1. The Hall–Kier alpha value is -2.40. The Morgan fingerprint density at radius 1 is 1.26 bits per heavy atom. The second-order valence-corrected chi connectivity index (χ2v) is 6.19. The SMILES string of the molecule is CN1CCc2ncc(NC(=O)c3ccc4c(c3)CCO4)cc2C1. The van der Waals surface area contributed by atoms with Crippen LogP contribution in [0.3, 0.4) is 0 Å². The van der Waals surface area contributed by atoms with E-state index in [0.717, 1.165) is 48.6 Å². The number of carbonyl (C=O) groups is 1. The van der Waals surface area contributed by atoms with Gasteiger partial charge >= 0.3 is 0 Å². The van der Waals surface area contributed by atoms with Crippen molar-refractivity contribution < 1.29 is 9.53 Å². The molecule has 1 N–H and O–H groups in total. The molecular weight excluding hydrogens is 290 g/mol. The average Bonchev–Trinajstić information content (AvgIpc) is 3.02. The molecule has 23 heavy (non-hydrogen) atoms. The molecule has 3 heterocycles. The highest BCUT2D eigenvalue weighted by Gasteiger charge is 2.17. The molecule has 1 aromatic heterocycles. The van der Waals surface area contributed by atoms with Crippen LogP contribution in [-0.2, 0) is 19.4 Å². The molecule has 0 unspecified atom stereocenters. The van der Waals surface area contributed by atoms with Gasteiger partial charge in [0.1, 0.15) is 5.75 Å². The van der Waals surface area contributed by atoms with E-state index in [-0.39, 0.29) is 5.91 Å². The fraction of sp³-hybridized carbons (Fsp3) is 0.333. The molecule has 4 rings (SSSR count).